The Morgan fingerprint density at radius 3 is 3.10 bits per heavy atom. The average molecular weight is 275 g/mol. The first kappa shape index (κ1) is 13.4. The van der Waals surface area contributed by atoms with Crippen LogP contribution in [0.15, 0.2) is 18.3 Å². The number of hydrogen-bond acceptors (Lipinski definition) is 3. The molecule has 2 aliphatic rings. The first-order valence-electron chi connectivity index (χ1n) is 7.34. The second kappa shape index (κ2) is 5.79. The zero-order chi connectivity index (χ0) is 13.9. The van der Waals surface area contributed by atoms with Gasteiger partial charge in [0.05, 0.1) is 24.4 Å². The summed E-state index contributed by atoms with van der Waals surface area (Å²) >= 11 is 0. The van der Waals surface area contributed by atoms with E-state index >= 15 is 0 Å². The van der Waals surface area contributed by atoms with E-state index in [1.165, 1.54) is 12.8 Å². The number of morpholine rings is 1. The van der Waals surface area contributed by atoms with Crippen molar-refractivity contribution in [2.45, 2.75) is 37.8 Å². The Kier molecular flexibility index (Phi) is 3.87. The van der Waals surface area contributed by atoms with Crippen LogP contribution in [0.25, 0.3) is 6.08 Å². The van der Waals surface area contributed by atoms with Crippen molar-refractivity contribution in [3.63, 3.8) is 0 Å². The van der Waals surface area contributed by atoms with Gasteiger partial charge in [0.15, 0.2) is 0 Å². The second-order valence-corrected chi connectivity index (χ2v) is 5.51. The van der Waals surface area contributed by atoms with Crippen LogP contribution in [0.1, 0.15) is 31.4 Å². The average Bonchev–Trinajstić information content (AvgIpc) is 2.89. The van der Waals surface area contributed by atoms with Crippen molar-refractivity contribution in [1.82, 2.24) is 14.7 Å². The smallest absolute Gasteiger partial charge is 0.247 e. The summed E-state index contributed by atoms with van der Waals surface area (Å²) in [6, 6.07) is 2.16. The lowest BCUT2D eigenvalue weighted by molar-refractivity contribution is -0.144. The molecule has 0 spiro atoms. The first-order valence-corrected chi connectivity index (χ1v) is 7.34. The topological polar surface area (TPSA) is 47.4 Å². The highest BCUT2D eigenvalue weighted by Gasteiger charge is 2.35. The SMILES string of the molecule is Cn1nccc1/C=C/C(=O)N1CCOC2CCCCC21. The highest BCUT2D eigenvalue weighted by atomic mass is 16.5. The van der Waals surface area contributed by atoms with E-state index in [-0.39, 0.29) is 18.1 Å². The van der Waals surface area contributed by atoms with Gasteiger partial charge in [-0.15, -0.1) is 0 Å². The molecule has 20 heavy (non-hydrogen) atoms. The molecule has 0 N–H and O–H groups in total. The molecule has 2 atom stereocenters. The van der Waals surface area contributed by atoms with Gasteiger partial charge < -0.3 is 9.64 Å². The maximum Gasteiger partial charge on any atom is 0.247 e. The summed E-state index contributed by atoms with van der Waals surface area (Å²) in [5, 5.41) is 4.09. The lowest BCUT2D eigenvalue weighted by atomic mass is 9.90. The van der Waals surface area contributed by atoms with Gasteiger partial charge in [-0.05, 0) is 25.0 Å². The van der Waals surface area contributed by atoms with Crippen LogP contribution in [0, 0.1) is 0 Å². The van der Waals surface area contributed by atoms with E-state index in [1.807, 2.05) is 24.1 Å². The fourth-order valence-corrected chi connectivity index (χ4v) is 3.17. The maximum atomic E-state index is 12.4. The molecular formula is C15H21N3O2. The Morgan fingerprint density at radius 2 is 2.30 bits per heavy atom. The van der Waals surface area contributed by atoms with Crippen molar-refractivity contribution in [3.8, 4) is 0 Å². The fraction of sp³-hybridized carbons (Fsp3) is 0.600. The van der Waals surface area contributed by atoms with E-state index in [1.54, 1.807) is 17.0 Å². The van der Waals surface area contributed by atoms with Crippen LogP contribution in [0.2, 0.25) is 0 Å². The summed E-state index contributed by atoms with van der Waals surface area (Å²) in [5.41, 5.74) is 0.937. The van der Waals surface area contributed by atoms with Crippen LogP contribution in [0.3, 0.4) is 0 Å². The summed E-state index contributed by atoms with van der Waals surface area (Å²) in [4.78, 5) is 14.4. The third-order valence-corrected chi connectivity index (χ3v) is 4.27. The molecule has 1 aliphatic heterocycles. The molecule has 0 radical (unpaired) electrons. The minimum atomic E-state index is 0.0893. The van der Waals surface area contributed by atoms with Crippen LogP contribution < -0.4 is 0 Å². The van der Waals surface area contributed by atoms with E-state index in [0.29, 0.717) is 13.2 Å². The van der Waals surface area contributed by atoms with Gasteiger partial charge in [-0.3, -0.25) is 9.48 Å². The molecule has 2 fully saturated rings. The number of fused-ring (bicyclic) bond motifs is 1. The van der Waals surface area contributed by atoms with Crippen molar-refractivity contribution >= 4 is 12.0 Å². The number of nitrogens with zero attached hydrogens (tertiary/aromatic N) is 3. The van der Waals surface area contributed by atoms with E-state index in [0.717, 1.165) is 18.5 Å². The van der Waals surface area contributed by atoms with Crippen LogP contribution in [-0.4, -0.2) is 45.9 Å². The molecular weight excluding hydrogens is 254 g/mol. The molecule has 5 heteroatoms. The van der Waals surface area contributed by atoms with Gasteiger partial charge >= 0.3 is 0 Å². The fourth-order valence-electron chi connectivity index (χ4n) is 3.17. The Hall–Kier alpha value is -1.62. The number of carbonyl (C=O) groups excluding carboxylic acids is 1. The molecule has 1 saturated heterocycles. The highest BCUT2D eigenvalue weighted by Crippen LogP contribution is 2.28. The molecule has 1 amide bonds. The number of aromatic nitrogens is 2. The van der Waals surface area contributed by atoms with Crippen LogP contribution in [0.4, 0.5) is 0 Å². The van der Waals surface area contributed by atoms with Crippen LogP contribution in [0.5, 0.6) is 0 Å². The molecule has 1 saturated carbocycles. The van der Waals surface area contributed by atoms with E-state index in [2.05, 4.69) is 5.10 Å². The van der Waals surface area contributed by atoms with Crippen molar-refractivity contribution in [3.05, 3.63) is 24.0 Å². The molecule has 1 aromatic heterocycles. The Morgan fingerprint density at radius 1 is 1.45 bits per heavy atom. The molecule has 108 valence electrons. The van der Waals surface area contributed by atoms with Gasteiger partial charge in [-0.1, -0.05) is 12.8 Å². The normalized spacial score (nSPS) is 26.8. The zero-order valence-electron chi connectivity index (χ0n) is 11.9. The third kappa shape index (κ3) is 2.63. The van der Waals surface area contributed by atoms with Gasteiger partial charge in [0, 0.05) is 25.9 Å². The molecule has 0 bridgehead atoms. The molecule has 3 rings (SSSR count). The minimum absolute atomic E-state index is 0.0893. The zero-order valence-corrected chi connectivity index (χ0v) is 11.9. The molecule has 1 aromatic rings. The van der Waals surface area contributed by atoms with E-state index in [4.69, 9.17) is 4.74 Å². The quantitative estimate of drug-likeness (QED) is 0.770. The first-order chi connectivity index (χ1) is 9.75. The maximum absolute atomic E-state index is 12.4. The van der Waals surface area contributed by atoms with Gasteiger partial charge in [-0.2, -0.15) is 5.10 Å². The number of ether oxygens (including phenoxy) is 1. The van der Waals surface area contributed by atoms with Crippen molar-refractivity contribution in [1.29, 1.82) is 0 Å². The molecule has 2 unspecified atom stereocenters. The van der Waals surface area contributed by atoms with E-state index in [9.17, 15) is 4.79 Å². The lowest BCUT2D eigenvalue weighted by Crippen LogP contribution is -2.54. The number of carbonyl (C=O) groups is 1. The molecule has 0 aromatic carbocycles. The van der Waals surface area contributed by atoms with Crippen molar-refractivity contribution in [2.75, 3.05) is 13.2 Å². The summed E-state index contributed by atoms with van der Waals surface area (Å²) in [7, 11) is 1.87. The van der Waals surface area contributed by atoms with Crippen LogP contribution in [-0.2, 0) is 16.6 Å². The number of amides is 1. The Bertz CT molecular complexity index is 507. The van der Waals surface area contributed by atoms with Gasteiger partial charge in [0.25, 0.3) is 0 Å². The highest BCUT2D eigenvalue weighted by molar-refractivity contribution is 5.91. The Balaban J connectivity index is 1.69. The third-order valence-electron chi connectivity index (χ3n) is 4.27. The van der Waals surface area contributed by atoms with Gasteiger partial charge in [0.2, 0.25) is 5.91 Å². The Labute approximate surface area is 119 Å². The monoisotopic (exact) mass is 275 g/mol. The molecule has 1 aliphatic carbocycles. The minimum Gasteiger partial charge on any atom is -0.374 e. The second-order valence-electron chi connectivity index (χ2n) is 5.51. The van der Waals surface area contributed by atoms with Gasteiger partial charge in [-0.25, -0.2) is 0 Å². The molecule has 5 nitrogen and oxygen atoms in total. The predicted molar refractivity (Wildman–Crippen MR) is 76.0 cm³/mol. The summed E-state index contributed by atoms with van der Waals surface area (Å²) in [6.07, 6.45) is 10.0. The standard InChI is InChI=1S/C15H21N3O2/c1-17-12(8-9-16-17)6-7-15(19)18-10-11-20-14-5-3-2-4-13(14)18/h6-9,13-14H,2-5,10-11H2,1H3/b7-6+. The predicted octanol–water partition coefficient (Wildman–Crippen LogP) is 1.60. The molecule has 2 heterocycles. The number of rotatable bonds is 2. The summed E-state index contributed by atoms with van der Waals surface area (Å²) in [6.45, 7) is 1.36. The van der Waals surface area contributed by atoms with E-state index < -0.39 is 0 Å². The number of hydrogen-bond donors (Lipinski definition) is 0. The van der Waals surface area contributed by atoms with Crippen LogP contribution >= 0.6 is 0 Å². The summed E-state index contributed by atoms with van der Waals surface area (Å²) in [5.74, 6) is 0.0893. The van der Waals surface area contributed by atoms with Crippen molar-refractivity contribution < 1.29 is 9.53 Å². The number of aryl methyl sites for hydroxylation is 1. The van der Waals surface area contributed by atoms with Gasteiger partial charge in [0.1, 0.15) is 0 Å². The lowest BCUT2D eigenvalue weighted by Gasteiger charge is -2.43. The largest absolute Gasteiger partial charge is 0.374 e. The van der Waals surface area contributed by atoms with Crippen molar-refractivity contribution in [2.24, 2.45) is 7.05 Å². The summed E-state index contributed by atoms with van der Waals surface area (Å²) < 4.78 is 7.56.